The lowest BCUT2D eigenvalue weighted by atomic mass is 10.2. The predicted molar refractivity (Wildman–Crippen MR) is 62.3 cm³/mol. The number of hydrogen-bond donors (Lipinski definition) is 0. The van der Waals surface area contributed by atoms with Gasteiger partial charge < -0.3 is 4.42 Å². The number of halogens is 1. The Morgan fingerprint density at radius 3 is 2.56 bits per heavy atom. The van der Waals surface area contributed by atoms with E-state index in [0.29, 0.717) is 0 Å². The van der Waals surface area contributed by atoms with Gasteiger partial charge in [-0.3, -0.25) is 0 Å². The third kappa shape index (κ3) is 1.57. The zero-order chi connectivity index (χ0) is 11.0. The van der Waals surface area contributed by atoms with E-state index in [9.17, 15) is 0 Å². The van der Waals surface area contributed by atoms with Crippen LogP contribution in [-0.2, 0) is 0 Å². The Bertz CT molecular complexity index is 595. The van der Waals surface area contributed by atoms with Crippen molar-refractivity contribution in [2.45, 2.75) is 0 Å². The van der Waals surface area contributed by atoms with Crippen molar-refractivity contribution in [2.75, 3.05) is 0 Å². The number of aromatic nitrogens is 1. The van der Waals surface area contributed by atoms with Crippen molar-refractivity contribution in [1.82, 2.24) is 0 Å². The van der Waals surface area contributed by atoms with Gasteiger partial charge in [0.2, 0.25) is 12.0 Å². The first kappa shape index (κ1) is 9.43. The van der Waals surface area contributed by atoms with Gasteiger partial charge in [0.25, 0.3) is 0 Å². The third-order valence-electron chi connectivity index (χ3n) is 2.45. The summed E-state index contributed by atoms with van der Waals surface area (Å²) in [6.45, 7) is 0. The van der Waals surface area contributed by atoms with Crippen LogP contribution in [0.3, 0.4) is 0 Å². The summed E-state index contributed by atoms with van der Waals surface area (Å²) in [4.78, 5) is 0. The molecule has 0 saturated heterocycles. The lowest BCUT2D eigenvalue weighted by Gasteiger charge is -1.92. The minimum absolute atomic E-state index is 0.729. The molecule has 1 aromatic carbocycles. The van der Waals surface area contributed by atoms with Crippen LogP contribution in [0.2, 0.25) is 5.02 Å². The topological polar surface area (TPSA) is 17.2 Å². The maximum Gasteiger partial charge on any atom is 0.379 e. The highest BCUT2D eigenvalue weighted by Gasteiger charge is 2.11. The molecule has 3 aromatic rings. The van der Waals surface area contributed by atoms with Crippen LogP contribution in [0.1, 0.15) is 0 Å². The van der Waals surface area contributed by atoms with Crippen molar-refractivity contribution in [3.63, 3.8) is 0 Å². The van der Waals surface area contributed by atoms with E-state index in [2.05, 4.69) is 0 Å². The second-order valence-corrected chi connectivity index (χ2v) is 3.98. The minimum atomic E-state index is 0.729. The fraction of sp³-hybridized carbons (Fsp3) is 0. The summed E-state index contributed by atoms with van der Waals surface area (Å²) in [7, 11) is 0. The molecule has 0 fully saturated rings. The van der Waals surface area contributed by atoms with Gasteiger partial charge in [-0.15, -0.1) is 4.40 Å². The largest absolute Gasteiger partial charge is 0.398 e. The second kappa shape index (κ2) is 3.65. The molecule has 0 atom stereocenters. The lowest BCUT2D eigenvalue weighted by Crippen LogP contribution is -2.15. The van der Waals surface area contributed by atoms with E-state index in [-0.39, 0.29) is 0 Å². The summed E-state index contributed by atoms with van der Waals surface area (Å²) >= 11 is 5.84. The van der Waals surface area contributed by atoms with Gasteiger partial charge in [-0.2, -0.15) is 0 Å². The normalized spacial score (nSPS) is 10.8. The molecule has 0 bridgehead atoms. The molecule has 3 rings (SSSR count). The molecule has 2 heterocycles. The Morgan fingerprint density at radius 2 is 1.81 bits per heavy atom. The highest BCUT2D eigenvalue weighted by Crippen LogP contribution is 2.21. The summed E-state index contributed by atoms with van der Waals surface area (Å²) in [6, 6.07) is 13.4. The molecule has 0 N–H and O–H groups in total. The van der Waals surface area contributed by atoms with E-state index in [0.717, 1.165) is 22.1 Å². The summed E-state index contributed by atoms with van der Waals surface area (Å²) in [6.07, 6.45) is 3.91. The molecule has 0 aliphatic heterocycles. The van der Waals surface area contributed by atoms with Crippen LogP contribution in [0.15, 0.2) is 59.3 Å². The highest BCUT2D eigenvalue weighted by molar-refractivity contribution is 6.30. The van der Waals surface area contributed by atoms with Gasteiger partial charge in [-0.25, -0.2) is 0 Å². The molecule has 2 nitrogen and oxygen atoms in total. The number of pyridine rings is 1. The van der Waals surface area contributed by atoms with Gasteiger partial charge in [0.1, 0.15) is 0 Å². The lowest BCUT2D eigenvalue weighted by molar-refractivity contribution is -0.513. The number of rotatable bonds is 1. The van der Waals surface area contributed by atoms with Gasteiger partial charge in [0.15, 0.2) is 6.20 Å². The molecule has 0 saturated carbocycles. The van der Waals surface area contributed by atoms with E-state index >= 15 is 0 Å². The van der Waals surface area contributed by atoms with Crippen molar-refractivity contribution < 1.29 is 8.82 Å². The zero-order valence-electron chi connectivity index (χ0n) is 8.43. The van der Waals surface area contributed by atoms with Gasteiger partial charge >= 0.3 is 5.71 Å². The third-order valence-corrected chi connectivity index (χ3v) is 2.70. The molecule has 0 radical (unpaired) electrons. The van der Waals surface area contributed by atoms with Crippen LogP contribution < -0.4 is 4.40 Å². The van der Waals surface area contributed by atoms with E-state index in [1.165, 1.54) is 0 Å². The summed E-state index contributed by atoms with van der Waals surface area (Å²) in [5, 5.41) is 0.729. The van der Waals surface area contributed by atoms with Crippen molar-refractivity contribution in [3.05, 3.63) is 59.9 Å². The van der Waals surface area contributed by atoms with Gasteiger partial charge in [-0.1, -0.05) is 11.6 Å². The van der Waals surface area contributed by atoms with Crippen molar-refractivity contribution in [2.24, 2.45) is 0 Å². The van der Waals surface area contributed by atoms with Gasteiger partial charge in [0.05, 0.1) is 6.07 Å². The van der Waals surface area contributed by atoms with Crippen molar-refractivity contribution in [3.8, 4) is 11.3 Å². The molecule has 0 spiro atoms. The SMILES string of the molecule is Clc1ccc(-c2c[n+]3ccccc3o2)cc1. The molecule has 0 unspecified atom stereocenters. The monoisotopic (exact) mass is 230 g/mol. The summed E-state index contributed by atoms with van der Waals surface area (Å²) < 4.78 is 7.66. The fourth-order valence-corrected chi connectivity index (χ4v) is 1.77. The molecule has 0 aliphatic rings. The molecule has 2 aromatic heterocycles. The Balaban J connectivity index is 2.15. The number of nitrogens with zero attached hydrogens (tertiary/aromatic N) is 1. The van der Waals surface area contributed by atoms with E-state index in [1.807, 2.05) is 59.3 Å². The van der Waals surface area contributed by atoms with E-state index < -0.39 is 0 Å². The highest BCUT2D eigenvalue weighted by atomic mass is 35.5. The van der Waals surface area contributed by atoms with Crippen molar-refractivity contribution >= 4 is 17.3 Å². The van der Waals surface area contributed by atoms with Crippen LogP contribution in [0.4, 0.5) is 0 Å². The maximum absolute atomic E-state index is 5.84. The summed E-state index contributed by atoms with van der Waals surface area (Å²) in [5.41, 5.74) is 1.85. The van der Waals surface area contributed by atoms with Gasteiger partial charge in [0, 0.05) is 16.7 Å². The minimum Gasteiger partial charge on any atom is -0.398 e. The number of benzene rings is 1. The molecule has 3 heteroatoms. The van der Waals surface area contributed by atoms with Crippen LogP contribution in [-0.4, -0.2) is 0 Å². The van der Waals surface area contributed by atoms with Crippen LogP contribution >= 0.6 is 11.6 Å². The molecule has 16 heavy (non-hydrogen) atoms. The van der Waals surface area contributed by atoms with Crippen LogP contribution in [0, 0.1) is 0 Å². The van der Waals surface area contributed by atoms with Crippen LogP contribution in [0.25, 0.3) is 17.0 Å². The standard InChI is InChI=1S/C13H9ClNO/c14-11-6-4-10(5-7-11)12-9-15-8-2-1-3-13(15)16-12/h1-9H/q+1. The first-order valence-corrected chi connectivity index (χ1v) is 5.36. The van der Waals surface area contributed by atoms with Crippen LogP contribution in [0.5, 0.6) is 0 Å². The molecular formula is C13H9ClNO+. The Morgan fingerprint density at radius 1 is 1.00 bits per heavy atom. The molecule has 0 aliphatic carbocycles. The zero-order valence-corrected chi connectivity index (χ0v) is 9.19. The van der Waals surface area contributed by atoms with Gasteiger partial charge in [-0.05, 0) is 30.3 Å². The van der Waals surface area contributed by atoms with Crippen molar-refractivity contribution in [1.29, 1.82) is 0 Å². The average molecular weight is 231 g/mol. The number of hydrogen-bond acceptors (Lipinski definition) is 1. The number of oxazole rings is 1. The summed E-state index contributed by atoms with van der Waals surface area (Å²) in [5.74, 6) is 0.836. The van der Waals surface area contributed by atoms with E-state index in [1.54, 1.807) is 0 Å². The molecular weight excluding hydrogens is 222 g/mol. The number of fused-ring (bicyclic) bond motifs is 1. The average Bonchev–Trinajstić information content (AvgIpc) is 2.73. The second-order valence-electron chi connectivity index (χ2n) is 3.55. The predicted octanol–water partition coefficient (Wildman–Crippen LogP) is 3.34. The fourth-order valence-electron chi connectivity index (χ4n) is 1.65. The quantitative estimate of drug-likeness (QED) is 0.586. The Labute approximate surface area is 97.7 Å². The van der Waals surface area contributed by atoms with E-state index in [4.69, 9.17) is 16.0 Å². The first-order chi connectivity index (χ1) is 7.83. The maximum atomic E-state index is 5.84. The molecule has 0 amide bonds. The molecule has 78 valence electrons. The Hall–Kier alpha value is -1.80. The Kier molecular flexibility index (Phi) is 2.15. The smallest absolute Gasteiger partial charge is 0.379 e. The first-order valence-electron chi connectivity index (χ1n) is 4.99.